The predicted molar refractivity (Wildman–Crippen MR) is 78.1 cm³/mol. The quantitative estimate of drug-likeness (QED) is 0.743. The molecule has 0 aromatic rings. The summed E-state index contributed by atoms with van der Waals surface area (Å²) in [4.78, 5) is 11.8. The second kappa shape index (κ2) is 7.85. The molecule has 1 rings (SSSR count). The van der Waals surface area contributed by atoms with Crippen molar-refractivity contribution in [3.63, 3.8) is 0 Å². The van der Waals surface area contributed by atoms with Crippen molar-refractivity contribution in [1.82, 2.24) is 10.6 Å². The van der Waals surface area contributed by atoms with E-state index < -0.39 is 0 Å². The smallest absolute Gasteiger partial charge is 0.222 e. The van der Waals surface area contributed by atoms with Gasteiger partial charge < -0.3 is 15.4 Å². The summed E-state index contributed by atoms with van der Waals surface area (Å²) in [7, 11) is 0. The Labute approximate surface area is 117 Å². The van der Waals surface area contributed by atoms with Crippen molar-refractivity contribution < 1.29 is 9.53 Å². The molecule has 0 atom stereocenters. The summed E-state index contributed by atoms with van der Waals surface area (Å²) in [5.74, 6) is 0.654. The number of hydrogen-bond donors (Lipinski definition) is 2. The third-order valence-electron chi connectivity index (χ3n) is 4.27. The average Bonchev–Trinajstić information content (AvgIpc) is 2.37. The summed E-state index contributed by atoms with van der Waals surface area (Å²) in [6, 6.07) is 0. The second-order valence-corrected chi connectivity index (χ2v) is 6.49. The Bertz CT molecular complexity index is 271. The van der Waals surface area contributed by atoms with Gasteiger partial charge in [-0.15, -0.1) is 0 Å². The molecule has 2 N–H and O–H groups in total. The average molecular weight is 270 g/mol. The van der Waals surface area contributed by atoms with Crippen LogP contribution in [0.4, 0.5) is 0 Å². The molecule has 0 aromatic carbocycles. The lowest BCUT2D eigenvalue weighted by molar-refractivity contribution is -0.123. The molecule has 0 aromatic heterocycles. The summed E-state index contributed by atoms with van der Waals surface area (Å²) < 4.78 is 5.73. The fourth-order valence-electron chi connectivity index (χ4n) is 1.90. The van der Waals surface area contributed by atoms with Gasteiger partial charge in [0.1, 0.15) is 0 Å². The van der Waals surface area contributed by atoms with Crippen LogP contribution in [0, 0.1) is 11.3 Å². The number of nitrogens with one attached hydrogen (secondary N) is 2. The Balaban J connectivity index is 2.10. The van der Waals surface area contributed by atoms with Crippen LogP contribution in [0.3, 0.4) is 0 Å². The van der Waals surface area contributed by atoms with Crippen molar-refractivity contribution in [2.45, 2.75) is 53.1 Å². The topological polar surface area (TPSA) is 50.4 Å². The van der Waals surface area contributed by atoms with Crippen LogP contribution in [0.2, 0.25) is 0 Å². The molecule has 0 radical (unpaired) electrons. The summed E-state index contributed by atoms with van der Waals surface area (Å²) in [6.45, 7) is 12.1. The van der Waals surface area contributed by atoms with Gasteiger partial charge in [-0.3, -0.25) is 4.79 Å². The summed E-state index contributed by atoms with van der Waals surface area (Å²) >= 11 is 0. The standard InChI is InChI=1S/C15H30N2O2/c1-12(2)15(3,4)11-17-14(18)7-10-19-13-5-8-16-9-6-13/h12-13,16H,5-11H2,1-4H3,(H,17,18). The first-order valence-corrected chi connectivity index (χ1v) is 7.51. The first-order valence-electron chi connectivity index (χ1n) is 7.51. The third kappa shape index (κ3) is 6.39. The number of piperidine rings is 1. The van der Waals surface area contributed by atoms with E-state index >= 15 is 0 Å². The zero-order valence-corrected chi connectivity index (χ0v) is 12.9. The normalized spacial score (nSPS) is 17.7. The Morgan fingerprint density at radius 3 is 2.58 bits per heavy atom. The van der Waals surface area contributed by atoms with Crippen LogP contribution in [-0.2, 0) is 9.53 Å². The number of hydrogen-bond acceptors (Lipinski definition) is 3. The van der Waals surface area contributed by atoms with Gasteiger partial charge in [0.05, 0.1) is 12.7 Å². The molecule has 19 heavy (non-hydrogen) atoms. The molecular formula is C15H30N2O2. The maximum atomic E-state index is 11.8. The Hall–Kier alpha value is -0.610. The van der Waals surface area contributed by atoms with Crippen molar-refractivity contribution in [3.05, 3.63) is 0 Å². The number of carbonyl (C=O) groups is 1. The van der Waals surface area contributed by atoms with Crippen LogP contribution < -0.4 is 10.6 Å². The first kappa shape index (κ1) is 16.4. The Morgan fingerprint density at radius 2 is 2.00 bits per heavy atom. The minimum atomic E-state index is 0.0997. The van der Waals surface area contributed by atoms with Crippen LogP contribution in [0.15, 0.2) is 0 Å². The highest BCUT2D eigenvalue weighted by molar-refractivity contribution is 5.75. The highest BCUT2D eigenvalue weighted by Gasteiger charge is 2.22. The zero-order chi connectivity index (χ0) is 14.3. The minimum Gasteiger partial charge on any atom is -0.378 e. The molecule has 1 amide bonds. The minimum absolute atomic E-state index is 0.0997. The van der Waals surface area contributed by atoms with Gasteiger partial charge in [0.25, 0.3) is 0 Å². The monoisotopic (exact) mass is 270 g/mol. The van der Waals surface area contributed by atoms with Crippen LogP contribution in [0.5, 0.6) is 0 Å². The second-order valence-electron chi connectivity index (χ2n) is 6.49. The zero-order valence-electron chi connectivity index (χ0n) is 12.9. The number of carbonyl (C=O) groups excluding carboxylic acids is 1. The van der Waals surface area contributed by atoms with Gasteiger partial charge >= 0.3 is 0 Å². The van der Waals surface area contributed by atoms with Crippen LogP contribution in [0.1, 0.15) is 47.0 Å². The van der Waals surface area contributed by atoms with Gasteiger partial charge in [-0.25, -0.2) is 0 Å². The summed E-state index contributed by atoms with van der Waals surface area (Å²) in [6.07, 6.45) is 2.92. The maximum absolute atomic E-state index is 11.8. The highest BCUT2D eigenvalue weighted by atomic mass is 16.5. The van der Waals surface area contributed by atoms with E-state index in [0.29, 0.717) is 25.0 Å². The summed E-state index contributed by atoms with van der Waals surface area (Å²) in [5, 5.41) is 6.31. The molecular weight excluding hydrogens is 240 g/mol. The van der Waals surface area contributed by atoms with Crippen molar-refractivity contribution in [1.29, 1.82) is 0 Å². The van der Waals surface area contributed by atoms with E-state index in [0.717, 1.165) is 32.5 Å². The molecule has 0 bridgehead atoms. The molecule has 0 unspecified atom stereocenters. The van der Waals surface area contributed by atoms with Gasteiger partial charge in [0.15, 0.2) is 0 Å². The number of rotatable bonds is 7. The number of amides is 1. The Kier molecular flexibility index (Phi) is 6.80. The summed E-state index contributed by atoms with van der Waals surface area (Å²) in [5.41, 5.74) is 0.144. The SMILES string of the molecule is CC(C)C(C)(C)CNC(=O)CCOC1CCNCC1. The largest absolute Gasteiger partial charge is 0.378 e. The lowest BCUT2D eigenvalue weighted by atomic mass is 9.81. The van der Waals surface area contributed by atoms with Crippen molar-refractivity contribution in [3.8, 4) is 0 Å². The van der Waals surface area contributed by atoms with Crippen LogP contribution in [0.25, 0.3) is 0 Å². The molecule has 0 spiro atoms. The van der Waals surface area contributed by atoms with Crippen molar-refractivity contribution in [2.24, 2.45) is 11.3 Å². The van der Waals surface area contributed by atoms with Gasteiger partial charge in [0.2, 0.25) is 5.91 Å². The van der Waals surface area contributed by atoms with Gasteiger partial charge in [-0.1, -0.05) is 27.7 Å². The van der Waals surface area contributed by atoms with Crippen molar-refractivity contribution >= 4 is 5.91 Å². The molecule has 1 fully saturated rings. The molecule has 0 saturated carbocycles. The lowest BCUT2D eigenvalue weighted by Gasteiger charge is -2.29. The fourth-order valence-corrected chi connectivity index (χ4v) is 1.90. The lowest BCUT2D eigenvalue weighted by Crippen LogP contribution is -2.37. The van der Waals surface area contributed by atoms with E-state index in [1.54, 1.807) is 0 Å². The van der Waals surface area contributed by atoms with E-state index in [1.165, 1.54) is 0 Å². The number of ether oxygens (including phenoxy) is 1. The molecule has 0 aliphatic carbocycles. The van der Waals surface area contributed by atoms with Gasteiger partial charge in [-0.05, 0) is 37.3 Å². The predicted octanol–water partition coefficient (Wildman–Crippen LogP) is 1.94. The van der Waals surface area contributed by atoms with Gasteiger partial charge in [-0.2, -0.15) is 0 Å². The molecule has 4 heteroatoms. The van der Waals surface area contributed by atoms with Gasteiger partial charge in [0, 0.05) is 13.0 Å². The molecule has 1 heterocycles. The first-order chi connectivity index (χ1) is 8.92. The molecule has 112 valence electrons. The van der Waals surface area contributed by atoms with Crippen LogP contribution >= 0.6 is 0 Å². The van der Waals surface area contributed by atoms with Crippen molar-refractivity contribution in [2.75, 3.05) is 26.2 Å². The molecule has 4 nitrogen and oxygen atoms in total. The van der Waals surface area contributed by atoms with E-state index in [9.17, 15) is 4.79 Å². The molecule has 1 aliphatic heterocycles. The fraction of sp³-hybridized carbons (Fsp3) is 0.933. The Morgan fingerprint density at radius 1 is 1.37 bits per heavy atom. The van der Waals surface area contributed by atoms with E-state index in [2.05, 4.69) is 38.3 Å². The highest BCUT2D eigenvalue weighted by Crippen LogP contribution is 2.24. The molecule has 1 saturated heterocycles. The van der Waals surface area contributed by atoms with E-state index in [1.807, 2.05) is 0 Å². The maximum Gasteiger partial charge on any atom is 0.222 e. The molecule has 1 aliphatic rings. The van der Waals surface area contributed by atoms with Crippen LogP contribution in [-0.4, -0.2) is 38.3 Å². The van der Waals surface area contributed by atoms with E-state index in [4.69, 9.17) is 4.74 Å². The van der Waals surface area contributed by atoms with E-state index in [-0.39, 0.29) is 11.3 Å². The third-order valence-corrected chi connectivity index (χ3v) is 4.27.